The minimum atomic E-state index is -0.349. The van der Waals surface area contributed by atoms with Crippen molar-refractivity contribution in [1.29, 1.82) is 0 Å². The number of hydrogen-bond acceptors (Lipinski definition) is 2. The summed E-state index contributed by atoms with van der Waals surface area (Å²) in [5, 5.41) is 3.58. The van der Waals surface area contributed by atoms with Gasteiger partial charge >= 0.3 is 0 Å². The fraction of sp³-hybridized carbons (Fsp3) is 0. The van der Waals surface area contributed by atoms with Crippen molar-refractivity contribution in [3.05, 3.63) is 57.0 Å². The Balaban J connectivity index is 2.29. The molecule has 2 aromatic rings. The Bertz CT molecular complexity index is 621. The van der Waals surface area contributed by atoms with Crippen LogP contribution in [0.25, 0.3) is 0 Å². The molecule has 0 heterocycles. The van der Waals surface area contributed by atoms with Gasteiger partial charge in [0.25, 0.3) is 5.91 Å². The predicted octanol–water partition coefficient (Wildman–Crippen LogP) is 4.48. The van der Waals surface area contributed by atoms with Gasteiger partial charge in [-0.1, -0.05) is 40.9 Å². The SMILES string of the molecule is Nc1cccc(C(=O)Nc2c(Cl)cc(Cl)cc2Cl)c1. The number of benzene rings is 2. The molecule has 0 unspecified atom stereocenters. The molecular formula is C13H9Cl3N2O. The quantitative estimate of drug-likeness (QED) is 0.803. The third kappa shape index (κ3) is 3.32. The first kappa shape index (κ1) is 14.0. The average Bonchev–Trinajstić information content (AvgIpc) is 2.33. The second-order valence-corrected chi connectivity index (χ2v) is 5.07. The lowest BCUT2D eigenvalue weighted by molar-refractivity contribution is 0.102. The van der Waals surface area contributed by atoms with Gasteiger partial charge in [-0.2, -0.15) is 0 Å². The number of amides is 1. The number of rotatable bonds is 2. The molecule has 0 saturated heterocycles. The molecule has 2 rings (SSSR count). The number of nitrogens with two attached hydrogens (primary N) is 1. The fourth-order valence-electron chi connectivity index (χ4n) is 1.53. The van der Waals surface area contributed by atoms with Crippen molar-refractivity contribution < 1.29 is 4.79 Å². The van der Waals surface area contributed by atoms with Gasteiger partial charge in [-0.05, 0) is 30.3 Å². The van der Waals surface area contributed by atoms with Gasteiger partial charge < -0.3 is 11.1 Å². The molecule has 19 heavy (non-hydrogen) atoms. The third-order valence-electron chi connectivity index (χ3n) is 2.39. The maximum atomic E-state index is 12.0. The molecule has 0 aliphatic heterocycles. The molecule has 98 valence electrons. The minimum Gasteiger partial charge on any atom is -0.399 e. The molecule has 0 fully saturated rings. The van der Waals surface area contributed by atoms with Gasteiger partial charge in [0.1, 0.15) is 0 Å². The highest BCUT2D eigenvalue weighted by Gasteiger charge is 2.12. The lowest BCUT2D eigenvalue weighted by atomic mass is 10.2. The molecule has 0 bridgehead atoms. The zero-order valence-electron chi connectivity index (χ0n) is 9.58. The summed E-state index contributed by atoms with van der Waals surface area (Å²) in [5.74, 6) is -0.349. The number of carbonyl (C=O) groups is 1. The first-order valence-electron chi connectivity index (χ1n) is 5.29. The number of nitrogens with one attached hydrogen (secondary N) is 1. The Hall–Kier alpha value is -1.42. The van der Waals surface area contributed by atoms with Gasteiger partial charge in [-0.15, -0.1) is 0 Å². The average molecular weight is 316 g/mol. The van der Waals surface area contributed by atoms with E-state index >= 15 is 0 Å². The van der Waals surface area contributed by atoms with Crippen LogP contribution in [-0.2, 0) is 0 Å². The van der Waals surface area contributed by atoms with E-state index in [-0.39, 0.29) is 16.0 Å². The summed E-state index contributed by atoms with van der Waals surface area (Å²) >= 11 is 17.8. The van der Waals surface area contributed by atoms with Crippen LogP contribution in [-0.4, -0.2) is 5.91 Å². The Kier molecular flexibility index (Phi) is 4.20. The Morgan fingerprint density at radius 1 is 1.05 bits per heavy atom. The van der Waals surface area contributed by atoms with Crippen molar-refractivity contribution in [3.63, 3.8) is 0 Å². The Morgan fingerprint density at radius 2 is 1.68 bits per heavy atom. The summed E-state index contributed by atoms with van der Waals surface area (Å²) < 4.78 is 0. The van der Waals surface area contributed by atoms with Crippen LogP contribution in [0.3, 0.4) is 0 Å². The molecule has 1 amide bonds. The van der Waals surface area contributed by atoms with Crippen LogP contribution in [0.4, 0.5) is 11.4 Å². The van der Waals surface area contributed by atoms with Crippen LogP contribution in [0.5, 0.6) is 0 Å². The molecule has 0 atom stereocenters. The summed E-state index contributed by atoms with van der Waals surface area (Å²) in [6.07, 6.45) is 0. The fourth-order valence-corrected chi connectivity index (χ4v) is 2.44. The van der Waals surface area contributed by atoms with Crippen LogP contribution in [0, 0.1) is 0 Å². The van der Waals surface area contributed by atoms with Gasteiger partial charge in [0, 0.05) is 16.3 Å². The van der Waals surface area contributed by atoms with Crippen LogP contribution in [0.1, 0.15) is 10.4 Å². The maximum Gasteiger partial charge on any atom is 0.255 e. The normalized spacial score (nSPS) is 10.3. The van der Waals surface area contributed by atoms with E-state index < -0.39 is 0 Å². The first-order valence-corrected chi connectivity index (χ1v) is 6.42. The highest BCUT2D eigenvalue weighted by molar-refractivity contribution is 6.42. The van der Waals surface area contributed by atoms with Crippen molar-refractivity contribution >= 4 is 52.1 Å². The maximum absolute atomic E-state index is 12.0. The standard InChI is InChI=1S/C13H9Cl3N2O/c14-8-5-10(15)12(11(16)6-8)18-13(19)7-2-1-3-9(17)4-7/h1-6H,17H2,(H,18,19). The number of halogens is 3. The van der Waals surface area contributed by atoms with Crippen LogP contribution in [0.2, 0.25) is 15.1 Å². The Morgan fingerprint density at radius 3 is 2.26 bits per heavy atom. The summed E-state index contributed by atoms with van der Waals surface area (Å²) in [5.41, 5.74) is 6.86. The lowest BCUT2D eigenvalue weighted by Gasteiger charge is -2.10. The summed E-state index contributed by atoms with van der Waals surface area (Å²) in [7, 11) is 0. The van der Waals surface area contributed by atoms with Crippen molar-refractivity contribution in [3.8, 4) is 0 Å². The van der Waals surface area contributed by atoms with Gasteiger partial charge in [-0.3, -0.25) is 4.79 Å². The zero-order valence-corrected chi connectivity index (χ0v) is 11.9. The van der Waals surface area contributed by atoms with Crippen molar-refractivity contribution in [2.75, 3.05) is 11.1 Å². The number of hydrogen-bond donors (Lipinski definition) is 2. The van der Waals surface area contributed by atoms with Gasteiger partial charge in [0.15, 0.2) is 0 Å². The van der Waals surface area contributed by atoms with Crippen molar-refractivity contribution in [2.45, 2.75) is 0 Å². The number of anilines is 2. The highest BCUT2D eigenvalue weighted by Crippen LogP contribution is 2.33. The van der Waals surface area contributed by atoms with Crippen LogP contribution >= 0.6 is 34.8 Å². The first-order chi connectivity index (χ1) is 8.97. The highest BCUT2D eigenvalue weighted by atomic mass is 35.5. The number of nitrogen functional groups attached to an aromatic ring is 1. The second-order valence-electron chi connectivity index (χ2n) is 3.82. The van der Waals surface area contributed by atoms with Crippen LogP contribution < -0.4 is 11.1 Å². The van der Waals surface area contributed by atoms with Gasteiger partial charge in [0.2, 0.25) is 0 Å². The molecule has 0 saturated carbocycles. The zero-order chi connectivity index (χ0) is 14.0. The van der Waals surface area contributed by atoms with E-state index in [9.17, 15) is 4.79 Å². The third-order valence-corrected chi connectivity index (χ3v) is 3.21. The smallest absolute Gasteiger partial charge is 0.255 e. The van der Waals surface area contributed by atoms with Gasteiger partial charge in [-0.25, -0.2) is 0 Å². The topological polar surface area (TPSA) is 55.1 Å². The molecular weight excluding hydrogens is 307 g/mol. The molecule has 0 aliphatic carbocycles. The Labute approximate surface area is 125 Å². The monoisotopic (exact) mass is 314 g/mol. The lowest BCUT2D eigenvalue weighted by Crippen LogP contribution is -2.12. The van der Waals surface area contributed by atoms with E-state index in [2.05, 4.69) is 5.32 Å². The molecule has 0 spiro atoms. The minimum absolute atomic E-state index is 0.273. The summed E-state index contributed by atoms with van der Waals surface area (Å²) in [4.78, 5) is 12.0. The summed E-state index contributed by atoms with van der Waals surface area (Å²) in [6.45, 7) is 0. The second kappa shape index (κ2) is 5.70. The van der Waals surface area contributed by atoms with E-state index in [0.29, 0.717) is 22.0 Å². The van der Waals surface area contributed by atoms with Crippen molar-refractivity contribution in [2.24, 2.45) is 0 Å². The van der Waals surface area contributed by atoms with E-state index in [1.165, 1.54) is 12.1 Å². The van der Waals surface area contributed by atoms with E-state index in [0.717, 1.165) is 0 Å². The predicted molar refractivity (Wildman–Crippen MR) is 80.3 cm³/mol. The molecule has 0 radical (unpaired) electrons. The largest absolute Gasteiger partial charge is 0.399 e. The molecule has 3 nitrogen and oxygen atoms in total. The summed E-state index contributed by atoms with van der Waals surface area (Å²) in [6, 6.07) is 9.60. The molecule has 0 aliphatic rings. The molecule has 2 aromatic carbocycles. The van der Waals surface area contributed by atoms with Crippen LogP contribution in [0.15, 0.2) is 36.4 Å². The molecule has 6 heteroatoms. The molecule has 0 aromatic heterocycles. The number of carbonyl (C=O) groups excluding carboxylic acids is 1. The molecule has 3 N–H and O–H groups in total. The van der Waals surface area contributed by atoms with Gasteiger partial charge in [0.05, 0.1) is 15.7 Å². The van der Waals surface area contributed by atoms with Crippen molar-refractivity contribution in [1.82, 2.24) is 0 Å². The van der Waals surface area contributed by atoms with E-state index in [1.54, 1.807) is 24.3 Å². The van der Waals surface area contributed by atoms with E-state index in [1.807, 2.05) is 0 Å². The van der Waals surface area contributed by atoms with E-state index in [4.69, 9.17) is 40.5 Å².